The Labute approximate surface area is 133 Å². The molecule has 2 aromatic rings. The van der Waals surface area contributed by atoms with E-state index in [1.807, 2.05) is 23.6 Å². The molecule has 0 unspecified atom stereocenters. The number of aryl methyl sites for hydroxylation is 1. The largest absolute Gasteiger partial charge is 0.398 e. The Balaban J connectivity index is 2.61. The van der Waals surface area contributed by atoms with E-state index in [0.29, 0.717) is 11.3 Å². The number of nitrogen functional groups attached to an aromatic ring is 1. The number of aliphatic imine (C=N–C) groups is 1. The van der Waals surface area contributed by atoms with Crippen LogP contribution in [0.5, 0.6) is 0 Å². The minimum Gasteiger partial charge on any atom is -0.398 e. The van der Waals surface area contributed by atoms with Crippen molar-refractivity contribution in [1.82, 2.24) is 0 Å². The molecular weight excluding hydrogens is 300 g/mol. The molecule has 21 heavy (non-hydrogen) atoms. The minimum absolute atomic E-state index is 0.00506. The van der Waals surface area contributed by atoms with Crippen molar-refractivity contribution < 1.29 is 0 Å². The highest BCUT2D eigenvalue weighted by atomic mass is 32.1. The number of nitrogens with two attached hydrogens (primary N) is 3. The highest BCUT2D eigenvalue weighted by Crippen LogP contribution is 2.33. The van der Waals surface area contributed by atoms with Gasteiger partial charge in [0, 0.05) is 16.0 Å². The second-order valence-corrected chi connectivity index (χ2v) is 6.03. The zero-order chi connectivity index (χ0) is 15.4. The van der Waals surface area contributed by atoms with Gasteiger partial charge >= 0.3 is 0 Å². The first-order valence-corrected chi connectivity index (χ1v) is 7.92. The molecule has 0 fully saturated rings. The van der Waals surface area contributed by atoms with Gasteiger partial charge in [-0.15, -0.1) is 11.3 Å². The third-order valence-corrected chi connectivity index (χ3v) is 4.07. The van der Waals surface area contributed by atoms with Gasteiger partial charge < -0.3 is 17.2 Å². The molecule has 0 amide bonds. The third kappa shape index (κ3) is 3.59. The molecule has 6 heteroatoms. The van der Waals surface area contributed by atoms with E-state index < -0.39 is 0 Å². The lowest BCUT2D eigenvalue weighted by molar-refractivity contribution is 0.922. The van der Waals surface area contributed by atoms with Gasteiger partial charge in [-0.2, -0.15) is 0 Å². The van der Waals surface area contributed by atoms with Crippen molar-refractivity contribution >= 4 is 40.2 Å². The van der Waals surface area contributed by atoms with Crippen molar-refractivity contribution in [3.05, 3.63) is 40.8 Å². The van der Waals surface area contributed by atoms with Crippen LogP contribution in [-0.4, -0.2) is 10.9 Å². The van der Waals surface area contributed by atoms with Gasteiger partial charge in [0.05, 0.1) is 5.69 Å². The van der Waals surface area contributed by atoms with Gasteiger partial charge in [-0.25, -0.2) is 4.99 Å². The molecule has 0 radical (unpaired) electrons. The molecule has 0 saturated carbocycles. The first-order valence-electron chi connectivity index (χ1n) is 6.63. The first kappa shape index (κ1) is 15.5. The number of hydrogen-bond acceptors (Lipinski definition) is 3. The van der Waals surface area contributed by atoms with E-state index in [9.17, 15) is 0 Å². The van der Waals surface area contributed by atoms with E-state index >= 15 is 0 Å². The summed E-state index contributed by atoms with van der Waals surface area (Å²) < 4.78 is 0. The van der Waals surface area contributed by atoms with Crippen LogP contribution in [0.1, 0.15) is 24.5 Å². The fraction of sp³-hybridized carbons (Fsp3) is 0.200. The SMILES string of the molecule is CCCc1cc(/C(N)=N/C(N)=S)c(N)c(-c2cccs2)c1. The van der Waals surface area contributed by atoms with E-state index in [-0.39, 0.29) is 10.9 Å². The molecule has 0 aliphatic rings. The van der Waals surface area contributed by atoms with Gasteiger partial charge in [0.25, 0.3) is 0 Å². The number of benzene rings is 1. The van der Waals surface area contributed by atoms with Gasteiger partial charge in [0.15, 0.2) is 5.11 Å². The number of nitrogens with zero attached hydrogens (tertiary/aromatic N) is 1. The van der Waals surface area contributed by atoms with Crippen LogP contribution in [0.25, 0.3) is 10.4 Å². The zero-order valence-electron chi connectivity index (χ0n) is 11.8. The average molecular weight is 318 g/mol. The van der Waals surface area contributed by atoms with E-state index in [4.69, 9.17) is 29.4 Å². The predicted molar refractivity (Wildman–Crippen MR) is 95.7 cm³/mol. The third-order valence-electron chi connectivity index (χ3n) is 3.07. The maximum absolute atomic E-state index is 6.28. The van der Waals surface area contributed by atoms with Crippen LogP contribution in [0, 0.1) is 0 Å². The van der Waals surface area contributed by atoms with Crippen LogP contribution in [0.3, 0.4) is 0 Å². The fourth-order valence-corrected chi connectivity index (χ4v) is 3.03. The summed E-state index contributed by atoms with van der Waals surface area (Å²) in [6, 6.07) is 8.12. The first-order chi connectivity index (χ1) is 10.0. The molecular formula is C15H18N4S2. The molecule has 110 valence electrons. The Hall–Kier alpha value is -1.92. The van der Waals surface area contributed by atoms with Gasteiger partial charge in [-0.1, -0.05) is 19.4 Å². The van der Waals surface area contributed by atoms with Gasteiger partial charge in [-0.05, 0) is 47.8 Å². The summed E-state index contributed by atoms with van der Waals surface area (Å²) in [5, 5.41) is 2.03. The summed E-state index contributed by atoms with van der Waals surface area (Å²) in [6.07, 6.45) is 1.99. The van der Waals surface area contributed by atoms with E-state index in [1.165, 1.54) is 5.56 Å². The maximum Gasteiger partial charge on any atom is 0.192 e. The Bertz CT molecular complexity index is 675. The highest BCUT2D eigenvalue weighted by molar-refractivity contribution is 7.80. The van der Waals surface area contributed by atoms with Gasteiger partial charge in [0.2, 0.25) is 0 Å². The number of amidine groups is 1. The molecule has 1 aromatic carbocycles. The van der Waals surface area contributed by atoms with Crippen LogP contribution in [0.2, 0.25) is 0 Å². The number of thiophene rings is 1. The Kier molecular flexibility index (Phi) is 4.93. The monoisotopic (exact) mass is 318 g/mol. The number of hydrogen-bond donors (Lipinski definition) is 3. The van der Waals surface area contributed by atoms with E-state index in [0.717, 1.165) is 23.3 Å². The normalized spacial score (nSPS) is 11.6. The summed E-state index contributed by atoms with van der Waals surface area (Å²) >= 11 is 6.42. The minimum atomic E-state index is 0.00506. The molecule has 0 spiro atoms. The molecule has 0 aliphatic carbocycles. The topological polar surface area (TPSA) is 90.4 Å². The lowest BCUT2D eigenvalue weighted by atomic mass is 9.98. The van der Waals surface area contributed by atoms with Gasteiger partial charge in [-0.3, -0.25) is 0 Å². The number of anilines is 1. The van der Waals surface area contributed by atoms with Crippen molar-refractivity contribution in [1.29, 1.82) is 0 Å². The fourth-order valence-electron chi connectivity index (χ4n) is 2.17. The van der Waals surface area contributed by atoms with Crippen LogP contribution in [0.15, 0.2) is 34.6 Å². The molecule has 6 N–H and O–H groups in total. The van der Waals surface area contributed by atoms with E-state index in [2.05, 4.69) is 18.0 Å². The van der Waals surface area contributed by atoms with Crippen molar-refractivity contribution in [2.75, 3.05) is 5.73 Å². The summed E-state index contributed by atoms with van der Waals surface area (Å²) in [6.45, 7) is 2.13. The molecule has 2 rings (SSSR count). The molecule has 0 atom stereocenters. The predicted octanol–water partition coefficient (Wildman–Crippen LogP) is 2.90. The molecule has 1 heterocycles. The second-order valence-electron chi connectivity index (χ2n) is 4.67. The molecule has 1 aromatic heterocycles. The quantitative estimate of drug-likeness (QED) is 0.350. The smallest absolute Gasteiger partial charge is 0.192 e. The molecule has 0 saturated heterocycles. The standard InChI is InChI=1S/C15H18N4S2/c1-2-4-9-7-10(12-5-3-6-21-12)13(16)11(8-9)14(17)19-15(18)20/h3,5-8H,2,4,16H2,1H3,(H4,17,18,19,20). The lowest BCUT2D eigenvalue weighted by Gasteiger charge is -2.13. The van der Waals surface area contributed by atoms with E-state index in [1.54, 1.807) is 11.3 Å². The van der Waals surface area contributed by atoms with Crippen LogP contribution < -0.4 is 17.2 Å². The summed E-state index contributed by atoms with van der Waals surface area (Å²) in [5.41, 5.74) is 21.2. The van der Waals surface area contributed by atoms with Crippen molar-refractivity contribution in [3.63, 3.8) is 0 Å². The van der Waals surface area contributed by atoms with Crippen LogP contribution >= 0.6 is 23.6 Å². The second kappa shape index (κ2) is 6.69. The maximum atomic E-state index is 6.28. The Morgan fingerprint density at radius 1 is 1.33 bits per heavy atom. The Morgan fingerprint density at radius 2 is 2.10 bits per heavy atom. The summed E-state index contributed by atoms with van der Waals surface area (Å²) in [7, 11) is 0. The van der Waals surface area contributed by atoms with Crippen molar-refractivity contribution in [2.24, 2.45) is 16.5 Å². The van der Waals surface area contributed by atoms with Crippen molar-refractivity contribution in [3.8, 4) is 10.4 Å². The average Bonchev–Trinajstić information content (AvgIpc) is 2.93. The molecule has 4 nitrogen and oxygen atoms in total. The number of thiocarbonyl (C=S) groups is 1. The lowest BCUT2D eigenvalue weighted by Crippen LogP contribution is -2.20. The van der Waals surface area contributed by atoms with Gasteiger partial charge in [0.1, 0.15) is 5.84 Å². The molecule has 0 aliphatic heterocycles. The Morgan fingerprint density at radius 3 is 2.67 bits per heavy atom. The van der Waals surface area contributed by atoms with Crippen LogP contribution in [0.4, 0.5) is 5.69 Å². The van der Waals surface area contributed by atoms with Crippen LogP contribution in [-0.2, 0) is 6.42 Å². The molecule has 0 bridgehead atoms. The number of rotatable bonds is 4. The zero-order valence-corrected chi connectivity index (χ0v) is 13.4. The van der Waals surface area contributed by atoms with Crippen molar-refractivity contribution in [2.45, 2.75) is 19.8 Å². The highest BCUT2D eigenvalue weighted by Gasteiger charge is 2.13. The summed E-state index contributed by atoms with van der Waals surface area (Å²) in [4.78, 5) is 5.07. The summed E-state index contributed by atoms with van der Waals surface area (Å²) in [5.74, 6) is 0.260.